The Kier molecular flexibility index (Phi) is 5.03. The Labute approximate surface area is 147 Å². The van der Waals surface area contributed by atoms with Crippen LogP contribution >= 0.6 is 0 Å². The summed E-state index contributed by atoms with van der Waals surface area (Å²) in [5.41, 5.74) is 5.50. The summed E-state index contributed by atoms with van der Waals surface area (Å²) < 4.78 is 7.04. The number of nitrogens with zero attached hydrogens (tertiary/aromatic N) is 2. The van der Waals surface area contributed by atoms with Crippen molar-refractivity contribution in [3.8, 4) is 5.75 Å². The lowest BCUT2D eigenvalue weighted by Crippen LogP contribution is -2.29. The van der Waals surface area contributed by atoms with Gasteiger partial charge in [-0.1, -0.05) is 12.1 Å². The first kappa shape index (κ1) is 17.0. The van der Waals surface area contributed by atoms with Crippen molar-refractivity contribution in [1.82, 2.24) is 14.9 Å². The van der Waals surface area contributed by atoms with Crippen LogP contribution in [-0.2, 0) is 17.8 Å². The van der Waals surface area contributed by atoms with Crippen LogP contribution < -0.4 is 10.1 Å². The Morgan fingerprint density at radius 2 is 1.88 bits per heavy atom. The molecule has 3 aromatic rings. The summed E-state index contributed by atoms with van der Waals surface area (Å²) >= 11 is 0. The fourth-order valence-electron chi connectivity index (χ4n) is 2.79. The highest BCUT2D eigenvalue weighted by Gasteiger charge is 2.08. The van der Waals surface area contributed by atoms with Crippen LogP contribution in [0.25, 0.3) is 11.0 Å². The van der Waals surface area contributed by atoms with Crippen LogP contribution in [0.15, 0.2) is 42.7 Å². The van der Waals surface area contributed by atoms with Gasteiger partial charge in [0.05, 0.1) is 24.5 Å². The third-order valence-corrected chi connectivity index (χ3v) is 4.45. The lowest BCUT2D eigenvalue weighted by molar-refractivity contribution is -0.121. The molecule has 2 aromatic carbocycles. The Morgan fingerprint density at radius 1 is 1.16 bits per heavy atom. The molecule has 0 saturated carbocycles. The molecular weight excluding hydrogens is 314 g/mol. The number of aryl methyl sites for hydroxylation is 2. The molecule has 130 valence electrons. The van der Waals surface area contributed by atoms with Crippen LogP contribution in [0, 0.1) is 13.8 Å². The summed E-state index contributed by atoms with van der Waals surface area (Å²) in [4.78, 5) is 16.6. The first-order valence-electron chi connectivity index (χ1n) is 8.38. The molecule has 0 aliphatic rings. The minimum Gasteiger partial charge on any atom is -0.497 e. The van der Waals surface area contributed by atoms with E-state index in [9.17, 15) is 4.79 Å². The largest absolute Gasteiger partial charge is 0.497 e. The average molecular weight is 337 g/mol. The highest BCUT2D eigenvalue weighted by atomic mass is 16.5. The lowest BCUT2D eigenvalue weighted by atomic mass is 10.1. The molecule has 0 spiro atoms. The molecule has 0 fully saturated rings. The number of aromatic nitrogens is 2. The minimum atomic E-state index is -0.00830. The summed E-state index contributed by atoms with van der Waals surface area (Å²) in [6.07, 6.45) is 2.52. The molecule has 0 radical (unpaired) electrons. The van der Waals surface area contributed by atoms with Crippen LogP contribution in [0.2, 0.25) is 0 Å². The summed E-state index contributed by atoms with van der Waals surface area (Å²) in [6, 6.07) is 12.0. The molecule has 1 heterocycles. The molecule has 0 aliphatic carbocycles. The van der Waals surface area contributed by atoms with E-state index in [1.165, 1.54) is 16.7 Å². The van der Waals surface area contributed by atoms with Crippen LogP contribution in [-0.4, -0.2) is 29.1 Å². The van der Waals surface area contributed by atoms with E-state index in [0.29, 0.717) is 6.54 Å². The number of amides is 1. The summed E-state index contributed by atoms with van der Waals surface area (Å²) in [6.45, 7) is 5.03. The molecule has 0 atom stereocenters. The zero-order valence-corrected chi connectivity index (χ0v) is 14.9. The first-order chi connectivity index (χ1) is 12.1. The van der Waals surface area contributed by atoms with Crippen LogP contribution in [0.1, 0.15) is 16.7 Å². The number of nitrogens with one attached hydrogen (secondary N) is 1. The summed E-state index contributed by atoms with van der Waals surface area (Å²) in [5, 5.41) is 2.97. The van der Waals surface area contributed by atoms with E-state index in [-0.39, 0.29) is 12.5 Å². The van der Waals surface area contributed by atoms with Gasteiger partial charge in [0.1, 0.15) is 12.3 Å². The van der Waals surface area contributed by atoms with Crippen molar-refractivity contribution in [3.05, 3.63) is 59.4 Å². The van der Waals surface area contributed by atoms with E-state index in [1.807, 2.05) is 28.8 Å². The molecule has 5 heteroatoms. The van der Waals surface area contributed by atoms with Gasteiger partial charge in [-0.25, -0.2) is 4.98 Å². The zero-order chi connectivity index (χ0) is 17.8. The van der Waals surface area contributed by atoms with Gasteiger partial charge in [-0.15, -0.1) is 0 Å². The normalized spacial score (nSPS) is 10.8. The predicted molar refractivity (Wildman–Crippen MR) is 98.9 cm³/mol. The summed E-state index contributed by atoms with van der Waals surface area (Å²) in [7, 11) is 1.65. The number of methoxy groups -OCH3 is 1. The third kappa shape index (κ3) is 3.99. The van der Waals surface area contributed by atoms with Crippen molar-refractivity contribution >= 4 is 16.9 Å². The first-order valence-corrected chi connectivity index (χ1v) is 8.38. The molecular formula is C20H23N3O2. The topological polar surface area (TPSA) is 56.1 Å². The highest BCUT2D eigenvalue weighted by Crippen LogP contribution is 2.18. The molecule has 0 bridgehead atoms. The zero-order valence-electron chi connectivity index (χ0n) is 14.9. The number of fused-ring (bicyclic) bond motifs is 1. The second-order valence-corrected chi connectivity index (χ2v) is 6.25. The van der Waals surface area contributed by atoms with Crippen molar-refractivity contribution in [2.24, 2.45) is 0 Å². The Morgan fingerprint density at radius 3 is 2.60 bits per heavy atom. The second kappa shape index (κ2) is 7.38. The number of carbonyl (C=O) groups excluding carboxylic acids is 1. The summed E-state index contributed by atoms with van der Waals surface area (Å²) in [5.74, 6) is 0.830. The fraction of sp³-hybridized carbons (Fsp3) is 0.300. The van der Waals surface area contributed by atoms with E-state index >= 15 is 0 Å². The number of benzene rings is 2. The Balaban J connectivity index is 1.56. The van der Waals surface area contributed by atoms with E-state index < -0.39 is 0 Å². The van der Waals surface area contributed by atoms with Gasteiger partial charge in [-0.2, -0.15) is 0 Å². The number of carbonyl (C=O) groups is 1. The molecule has 1 amide bonds. The van der Waals surface area contributed by atoms with Gasteiger partial charge in [0.25, 0.3) is 0 Å². The lowest BCUT2D eigenvalue weighted by Gasteiger charge is -2.08. The van der Waals surface area contributed by atoms with Crippen LogP contribution in [0.4, 0.5) is 0 Å². The minimum absolute atomic E-state index is 0.00830. The van der Waals surface area contributed by atoms with E-state index in [0.717, 1.165) is 23.2 Å². The van der Waals surface area contributed by atoms with Gasteiger partial charge in [0, 0.05) is 6.54 Å². The maximum atomic E-state index is 12.2. The number of hydrogen-bond acceptors (Lipinski definition) is 3. The van der Waals surface area contributed by atoms with Gasteiger partial charge < -0.3 is 14.6 Å². The number of hydrogen-bond donors (Lipinski definition) is 1. The van der Waals surface area contributed by atoms with Gasteiger partial charge in [-0.3, -0.25) is 4.79 Å². The van der Waals surface area contributed by atoms with E-state index in [4.69, 9.17) is 4.74 Å². The van der Waals surface area contributed by atoms with E-state index in [2.05, 4.69) is 36.3 Å². The van der Waals surface area contributed by atoms with Crippen molar-refractivity contribution in [1.29, 1.82) is 0 Å². The van der Waals surface area contributed by atoms with Gasteiger partial charge in [-0.05, 0) is 61.2 Å². The van der Waals surface area contributed by atoms with Crippen LogP contribution in [0.3, 0.4) is 0 Å². The molecule has 1 N–H and O–H groups in total. The van der Waals surface area contributed by atoms with Crippen molar-refractivity contribution in [2.75, 3.05) is 13.7 Å². The number of rotatable bonds is 6. The molecule has 25 heavy (non-hydrogen) atoms. The average Bonchev–Trinajstić information content (AvgIpc) is 2.97. The maximum absolute atomic E-state index is 12.2. The number of imidazole rings is 1. The molecule has 3 rings (SSSR count). The van der Waals surface area contributed by atoms with Crippen molar-refractivity contribution in [3.63, 3.8) is 0 Å². The van der Waals surface area contributed by atoms with Crippen molar-refractivity contribution in [2.45, 2.75) is 26.8 Å². The van der Waals surface area contributed by atoms with Gasteiger partial charge in [0.2, 0.25) is 5.91 Å². The maximum Gasteiger partial charge on any atom is 0.240 e. The molecule has 5 nitrogen and oxygen atoms in total. The molecule has 0 unspecified atom stereocenters. The Bertz CT molecular complexity index is 882. The SMILES string of the molecule is COc1ccc(CCNC(=O)Cn2cnc3cc(C)c(C)cc32)cc1. The Hall–Kier alpha value is -2.82. The van der Waals surface area contributed by atoms with Crippen LogP contribution in [0.5, 0.6) is 5.75 Å². The molecule has 0 saturated heterocycles. The molecule has 1 aromatic heterocycles. The predicted octanol–water partition coefficient (Wildman–Crippen LogP) is 3.02. The van der Waals surface area contributed by atoms with Gasteiger partial charge >= 0.3 is 0 Å². The smallest absolute Gasteiger partial charge is 0.240 e. The van der Waals surface area contributed by atoms with E-state index in [1.54, 1.807) is 13.4 Å². The standard InChI is InChI=1S/C20H23N3O2/c1-14-10-18-19(11-15(14)2)23(13-22-18)12-20(24)21-9-8-16-4-6-17(25-3)7-5-16/h4-7,10-11,13H,8-9,12H2,1-3H3,(H,21,24). The highest BCUT2D eigenvalue weighted by molar-refractivity contribution is 5.81. The third-order valence-electron chi connectivity index (χ3n) is 4.45. The number of ether oxygens (including phenoxy) is 1. The molecule has 0 aliphatic heterocycles. The van der Waals surface area contributed by atoms with Gasteiger partial charge in [0.15, 0.2) is 0 Å². The second-order valence-electron chi connectivity index (χ2n) is 6.25. The quantitative estimate of drug-likeness (QED) is 0.752. The van der Waals surface area contributed by atoms with Crippen molar-refractivity contribution < 1.29 is 9.53 Å². The monoisotopic (exact) mass is 337 g/mol. The fourth-order valence-corrected chi connectivity index (χ4v) is 2.79.